The third-order valence-electron chi connectivity index (χ3n) is 5.46. The molecule has 19 heavy (non-hydrogen) atoms. The Morgan fingerprint density at radius 3 is 2.58 bits per heavy atom. The molecule has 1 saturated carbocycles. The van der Waals surface area contributed by atoms with Gasteiger partial charge in [-0.1, -0.05) is 20.3 Å². The molecule has 0 aromatic carbocycles. The molecule has 2 N–H and O–H groups in total. The molecule has 0 aromatic rings. The van der Waals surface area contributed by atoms with Crippen molar-refractivity contribution in [3.8, 4) is 0 Å². The van der Waals surface area contributed by atoms with E-state index in [1.165, 1.54) is 19.3 Å². The van der Waals surface area contributed by atoms with E-state index in [1.807, 2.05) is 0 Å². The fraction of sp³-hybridized carbons (Fsp3) is 0.938. The normalized spacial score (nSPS) is 36.3. The molecule has 1 atom stereocenters. The molecule has 2 rings (SSSR count). The first-order valence-electron chi connectivity index (χ1n) is 8.10. The van der Waals surface area contributed by atoms with Crippen LogP contribution in [-0.4, -0.2) is 30.4 Å². The minimum Gasteiger partial charge on any atom is -0.342 e. The lowest BCUT2D eigenvalue weighted by Crippen LogP contribution is -2.52. The second kappa shape index (κ2) is 6.25. The van der Waals surface area contributed by atoms with Crippen LogP contribution in [0.15, 0.2) is 0 Å². The average Bonchev–Trinajstić information content (AvgIpc) is 2.48. The smallest absolute Gasteiger partial charge is 0.230 e. The number of carbonyl (C=O) groups is 1. The summed E-state index contributed by atoms with van der Waals surface area (Å²) < 4.78 is 0. The van der Waals surface area contributed by atoms with Crippen LogP contribution >= 0.6 is 0 Å². The molecule has 3 heteroatoms. The third-order valence-corrected chi connectivity index (χ3v) is 5.46. The Bertz CT molecular complexity index is 308. The van der Waals surface area contributed by atoms with E-state index in [4.69, 9.17) is 5.73 Å². The van der Waals surface area contributed by atoms with E-state index < -0.39 is 0 Å². The molecule has 0 bridgehead atoms. The van der Waals surface area contributed by atoms with Gasteiger partial charge in [0, 0.05) is 19.6 Å². The topological polar surface area (TPSA) is 46.3 Å². The predicted molar refractivity (Wildman–Crippen MR) is 78.7 cm³/mol. The summed E-state index contributed by atoms with van der Waals surface area (Å²) in [6.07, 6.45) is 7.96. The number of likely N-dealkylation sites (tertiary alicyclic amines) is 1. The number of amides is 1. The molecule has 1 unspecified atom stereocenters. The van der Waals surface area contributed by atoms with Gasteiger partial charge >= 0.3 is 0 Å². The Labute approximate surface area is 117 Å². The van der Waals surface area contributed by atoms with Crippen LogP contribution in [0.2, 0.25) is 0 Å². The van der Waals surface area contributed by atoms with E-state index in [1.54, 1.807) is 0 Å². The molecule has 2 aliphatic rings. The Kier molecular flexibility index (Phi) is 4.88. The van der Waals surface area contributed by atoms with Crippen LogP contribution in [0.4, 0.5) is 0 Å². The van der Waals surface area contributed by atoms with Crippen molar-refractivity contribution in [3.63, 3.8) is 0 Å². The minimum absolute atomic E-state index is 0.234. The average molecular weight is 266 g/mol. The van der Waals surface area contributed by atoms with E-state index in [0.29, 0.717) is 18.4 Å². The largest absolute Gasteiger partial charge is 0.342 e. The van der Waals surface area contributed by atoms with E-state index >= 15 is 0 Å². The van der Waals surface area contributed by atoms with Crippen molar-refractivity contribution in [1.29, 1.82) is 0 Å². The SMILES string of the molecule is CCC1CCCN(C(=O)C2(CN)CCC(C)CC2)C1. The molecule has 2 fully saturated rings. The maximum absolute atomic E-state index is 12.9. The maximum atomic E-state index is 12.9. The number of hydrogen-bond donors (Lipinski definition) is 1. The van der Waals surface area contributed by atoms with Crippen LogP contribution in [-0.2, 0) is 4.79 Å². The van der Waals surface area contributed by atoms with Crippen LogP contribution in [0.5, 0.6) is 0 Å². The fourth-order valence-corrected chi connectivity index (χ4v) is 3.74. The van der Waals surface area contributed by atoms with E-state index in [9.17, 15) is 4.79 Å². The van der Waals surface area contributed by atoms with Crippen LogP contribution in [0.1, 0.15) is 58.8 Å². The highest BCUT2D eigenvalue weighted by Crippen LogP contribution is 2.40. The van der Waals surface area contributed by atoms with E-state index in [-0.39, 0.29) is 5.41 Å². The van der Waals surface area contributed by atoms with Crippen molar-refractivity contribution in [2.75, 3.05) is 19.6 Å². The lowest BCUT2D eigenvalue weighted by molar-refractivity contribution is -0.146. The summed E-state index contributed by atoms with van der Waals surface area (Å²) in [5.41, 5.74) is 5.78. The minimum atomic E-state index is -0.234. The lowest BCUT2D eigenvalue weighted by Gasteiger charge is -2.43. The van der Waals surface area contributed by atoms with Gasteiger partial charge in [0.15, 0.2) is 0 Å². The first kappa shape index (κ1) is 14.8. The lowest BCUT2D eigenvalue weighted by atomic mass is 9.69. The summed E-state index contributed by atoms with van der Waals surface area (Å²) in [6, 6.07) is 0. The molecular weight excluding hydrogens is 236 g/mol. The molecule has 0 radical (unpaired) electrons. The predicted octanol–water partition coefficient (Wildman–Crippen LogP) is 2.79. The zero-order valence-electron chi connectivity index (χ0n) is 12.7. The van der Waals surface area contributed by atoms with Crippen molar-refractivity contribution in [3.05, 3.63) is 0 Å². The van der Waals surface area contributed by atoms with Crippen molar-refractivity contribution >= 4 is 5.91 Å². The Balaban J connectivity index is 2.03. The van der Waals surface area contributed by atoms with Gasteiger partial charge in [0.25, 0.3) is 0 Å². The highest BCUT2D eigenvalue weighted by Gasteiger charge is 2.42. The number of nitrogens with zero attached hydrogens (tertiary/aromatic N) is 1. The second-order valence-electron chi connectivity index (χ2n) is 6.83. The highest BCUT2D eigenvalue weighted by atomic mass is 16.2. The summed E-state index contributed by atoms with van der Waals surface area (Å²) in [4.78, 5) is 15.0. The summed E-state index contributed by atoms with van der Waals surface area (Å²) >= 11 is 0. The van der Waals surface area contributed by atoms with E-state index in [0.717, 1.165) is 44.7 Å². The van der Waals surface area contributed by atoms with Crippen molar-refractivity contribution in [2.45, 2.75) is 58.8 Å². The summed E-state index contributed by atoms with van der Waals surface area (Å²) in [6.45, 7) is 6.98. The zero-order chi connectivity index (χ0) is 13.9. The molecule has 1 aliphatic heterocycles. The molecule has 1 heterocycles. The van der Waals surface area contributed by atoms with Gasteiger partial charge in [-0.05, 0) is 50.4 Å². The molecular formula is C16H30N2O. The van der Waals surface area contributed by atoms with Crippen LogP contribution in [0.3, 0.4) is 0 Å². The number of hydrogen-bond acceptors (Lipinski definition) is 2. The van der Waals surface area contributed by atoms with Gasteiger partial charge in [-0.3, -0.25) is 4.79 Å². The third kappa shape index (κ3) is 3.13. The van der Waals surface area contributed by atoms with Crippen LogP contribution < -0.4 is 5.73 Å². The van der Waals surface area contributed by atoms with E-state index in [2.05, 4.69) is 18.7 Å². The monoisotopic (exact) mass is 266 g/mol. The van der Waals surface area contributed by atoms with Crippen LogP contribution in [0.25, 0.3) is 0 Å². The summed E-state index contributed by atoms with van der Waals surface area (Å²) in [5.74, 6) is 1.83. The Morgan fingerprint density at radius 1 is 1.32 bits per heavy atom. The van der Waals surface area contributed by atoms with Crippen molar-refractivity contribution < 1.29 is 4.79 Å². The second-order valence-corrected chi connectivity index (χ2v) is 6.83. The maximum Gasteiger partial charge on any atom is 0.230 e. The summed E-state index contributed by atoms with van der Waals surface area (Å²) in [5, 5.41) is 0. The molecule has 1 saturated heterocycles. The number of piperidine rings is 1. The Morgan fingerprint density at radius 2 is 2.00 bits per heavy atom. The summed E-state index contributed by atoms with van der Waals surface area (Å²) in [7, 11) is 0. The zero-order valence-corrected chi connectivity index (χ0v) is 12.7. The Hall–Kier alpha value is -0.570. The van der Waals surface area contributed by atoms with Crippen molar-refractivity contribution in [1.82, 2.24) is 4.90 Å². The van der Waals surface area contributed by atoms with Gasteiger partial charge in [0.1, 0.15) is 0 Å². The van der Waals surface area contributed by atoms with Gasteiger partial charge < -0.3 is 10.6 Å². The number of nitrogens with two attached hydrogens (primary N) is 1. The molecule has 1 aliphatic carbocycles. The standard InChI is InChI=1S/C16H30N2O/c1-3-14-5-4-10-18(11-14)15(19)16(12-17)8-6-13(2)7-9-16/h13-14H,3-12,17H2,1-2H3. The van der Waals surface area contributed by atoms with Gasteiger partial charge in [-0.15, -0.1) is 0 Å². The first-order valence-corrected chi connectivity index (χ1v) is 8.10. The molecule has 0 spiro atoms. The number of rotatable bonds is 3. The van der Waals surface area contributed by atoms with Gasteiger partial charge in [-0.2, -0.15) is 0 Å². The number of carbonyl (C=O) groups excluding carboxylic acids is 1. The first-order chi connectivity index (χ1) is 9.11. The van der Waals surface area contributed by atoms with Gasteiger partial charge in [0.05, 0.1) is 5.41 Å². The van der Waals surface area contributed by atoms with Crippen LogP contribution in [0, 0.1) is 17.3 Å². The molecule has 0 aromatic heterocycles. The highest BCUT2D eigenvalue weighted by molar-refractivity contribution is 5.83. The molecule has 110 valence electrons. The van der Waals surface area contributed by atoms with Gasteiger partial charge in [0.2, 0.25) is 5.91 Å². The molecule has 3 nitrogen and oxygen atoms in total. The molecule has 1 amide bonds. The van der Waals surface area contributed by atoms with Crippen molar-refractivity contribution in [2.24, 2.45) is 23.0 Å². The quantitative estimate of drug-likeness (QED) is 0.854. The fourth-order valence-electron chi connectivity index (χ4n) is 3.74. The van der Waals surface area contributed by atoms with Gasteiger partial charge in [-0.25, -0.2) is 0 Å².